The maximum atomic E-state index is 12.6. The number of pyridine rings is 2. The van der Waals surface area contributed by atoms with Crippen LogP contribution in [-0.4, -0.2) is 30.2 Å². The zero-order valence-corrected chi connectivity index (χ0v) is 15.4. The SMILES string of the molecule is Cc1ccn2cc(C(=O)N[C@H](C)c3cc(=O)[nH]c(-c4ccccn4)n3)nc2c1. The molecule has 1 amide bonds. The van der Waals surface area contributed by atoms with Crippen molar-refractivity contribution >= 4 is 11.6 Å². The first-order valence-corrected chi connectivity index (χ1v) is 8.78. The second-order valence-electron chi connectivity index (χ2n) is 6.52. The lowest BCUT2D eigenvalue weighted by atomic mass is 10.2. The third-order valence-corrected chi connectivity index (χ3v) is 4.31. The van der Waals surface area contributed by atoms with Crippen molar-refractivity contribution in [3.63, 3.8) is 0 Å². The topological polar surface area (TPSA) is 105 Å². The molecule has 0 saturated carbocycles. The number of carbonyl (C=O) groups is 1. The molecule has 0 fully saturated rings. The largest absolute Gasteiger partial charge is 0.343 e. The first-order chi connectivity index (χ1) is 13.5. The fourth-order valence-electron chi connectivity index (χ4n) is 2.86. The second-order valence-corrected chi connectivity index (χ2v) is 6.52. The van der Waals surface area contributed by atoms with Crippen LogP contribution in [0.5, 0.6) is 0 Å². The van der Waals surface area contributed by atoms with Crippen LogP contribution in [0.4, 0.5) is 0 Å². The van der Waals surface area contributed by atoms with E-state index in [-0.39, 0.29) is 11.5 Å². The number of aryl methyl sites for hydroxylation is 1. The predicted molar refractivity (Wildman–Crippen MR) is 104 cm³/mol. The summed E-state index contributed by atoms with van der Waals surface area (Å²) in [4.78, 5) is 40.3. The van der Waals surface area contributed by atoms with Crippen LogP contribution < -0.4 is 10.9 Å². The Hall–Kier alpha value is -3.81. The molecule has 0 aromatic carbocycles. The van der Waals surface area contributed by atoms with E-state index in [1.807, 2.05) is 31.3 Å². The summed E-state index contributed by atoms with van der Waals surface area (Å²) in [7, 11) is 0. The van der Waals surface area contributed by atoms with Gasteiger partial charge >= 0.3 is 0 Å². The number of H-pyrrole nitrogens is 1. The molecule has 4 aromatic heterocycles. The molecule has 0 spiro atoms. The summed E-state index contributed by atoms with van der Waals surface area (Å²) in [6.45, 7) is 3.73. The standard InChI is InChI=1S/C20H18N6O2/c1-12-6-8-26-11-16(23-17(26)9-12)20(28)22-13(2)15-10-18(27)25-19(24-15)14-5-3-4-7-21-14/h3-11,13H,1-2H3,(H,22,28)(H,24,25,27)/t13-/m1/s1. The Bertz CT molecular complexity index is 1210. The molecule has 4 rings (SSSR count). The van der Waals surface area contributed by atoms with Crippen LogP contribution in [0.2, 0.25) is 0 Å². The van der Waals surface area contributed by atoms with Crippen LogP contribution in [0.3, 0.4) is 0 Å². The quantitative estimate of drug-likeness (QED) is 0.570. The molecule has 0 radical (unpaired) electrons. The van der Waals surface area contributed by atoms with Crippen LogP contribution in [0.15, 0.2) is 59.8 Å². The summed E-state index contributed by atoms with van der Waals surface area (Å²) in [5.41, 5.74) is 2.74. The lowest BCUT2D eigenvalue weighted by Gasteiger charge is -2.13. The van der Waals surface area contributed by atoms with Crippen molar-refractivity contribution in [3.05, 3.63) is 82.3 Å². The van der Waals surface area contributed by atoms with E-state index in [0.717, 1.165) is 5.56 Å². The Morgan fingerprint density at radius 2 is 2.07 bits per heavy atom. The molecule has 1 atom stereocenters. The minimum atomic E-state index is -0.483. The van der Waals surface area contributed by atoms with E-state index in [9.17, 15) is 9.59 Å². The molecule has 0 aliphatic rings. The molecule has 4 heterocycles. The number of nitrogens with one attached hydrogen (secondary N) is 2. The summed E-state index contributed by atoms with van der Waals surface area (Å²) in [6.07, 6.45) is 5.15. The van der Waals surface area contributed by atoms with Gasteiger partial charge in [0.15, 0.2) is 5.82 Å². The van der Waals surface area contributed by atoms with Crippen molar-refractivity contribution in [1.82, 2.24) is 29.7 Å². The monoisotopic (exact) mass is 374 g/mol. The first kappa shape index (κ1) is 17.6. The Labute approximate surface area is 160 Å². The van der Waals surface area contributed by atoms with E-state index < -0.39 is 6.04 Å². The van der Waals surface area contributed by atoms with E-state index in [1.165, 1.54) is 6.07 Å². The Morgan fingerprint density at radius 3 is 2.86 bits per heavy atom. The lowest BCUT2D eigenvalue weighted by molar-refractivity contribution is 0.0934. The van der Waals surface area contributed by atoms with Gasteiger partial charge in [0.1, 0.15) is 17.0 Å². The van der Waals surface area contributed by atoms with Crippen molar-refractivity contribution in [2.45, 2.75) is 19.9 Å². The summed E-state index contributed by atoms with van der Waals surface area (Å²) < 4.78 is 1.79. The van der Waals surface area contributed by atoms with Gasteiger partial charge in [0.05, 0.1) is 11.7 Å². The number of aromatic nitrogens is 5. The number of aromatic amines is 1. The molecule has 8 nitrogen and oxygen atoms in total. The van der Waals surface area contributed by atoms with Gasteiger partial charge in [-0.3, -0.25) is 14.6 Å². The van der Waals surface area contributed by atoms with Gasteiger partial charge in [-0.15, -0.1) is 0 Å². The molecule has 140 valence electrons. The molecule has 8 heteroatoms. The lowest BCUT2D eigenvalue weighted by Crippen LogP contribution is -2.28. The molecule has 0 saturated heterocycles. The molecule has 4 aromatic rings. The van der Waals surface area contributed by atoms with Gasteiger partial charge in [0, 0.05) is 24.7 Å². The van der Waals surface area contributed by atoms with Gasteiger partial charge in [-0.05, 0) is 43.7 Å². The van der Waals surface area contributed by atoms with Gasteiger partial charge in [-0.1, -0.05) is 6.07 Å². The molecule has 0 bridgehead atoms. The van der Waals surface area contributed by atoms with Crippen molar-refractivity contribution < 1.29 is 4.79 Å². The zero-order valence-electron chi connectivity index (χ0n) is 15.4. The number of amides is 1. The number of fused-ring (bicyclic) bond motifs is 1. The minimum Gasteiger partial charge on any atom is -0.343 e. The van der Waals surface area contributed by atoms with E-state index >= 15 is 0 Å². The van der Waals surface area contributed by atoms with Crippen LogP contribution >= 0.6 is 0 Å². The summed E-state index contributed by atoms with van der Waals surface area (Å²) in [6, 6.07) is 10.1. The fourth-order valence-corrected chi connectivity index (χ4v) is 2.86. The molecular weight excluding hydrogens is 356 g/mol. The zero-order chi connectivity index (χ0) is 19.7. The van der Waals surface area contributed by atoms with Crippen molar-refractivity contribution in [3.8, 4) is 11.5 Å². The van der Waals surface area contributed by atoms with Gasteiger partial charge in [-0.25, -0.2) is 9.97 Å². The molecule has 0 aliphatic carbocycles. The van der Waals surface area contributed by atoms with Gasteiger partial charge in [0.25, 0.3) is 11.5 Å². The number of carbonyl (C=O) groups excluding carboxylic acids is 1. The molecule has 0 aliphatic heterocycles. The first-order valence-electron chi connectivity index (χ1n) is 8.78. The average molecular weight is 374 g/mol. The highest BCUT2D eigenvalue weighted by Crippen LogP contribution is 2.14. The van der Waals surface area contributed by atoms with E-state index in [0.29, 0.717) is 28.6 Å². The third kappa shape index (κ3) is 3.52. The summed E-state index contributed by atoms with van der Waals surface area (Å²) in [5, 5.41) is 2.84. The Morgan fingerprint density at radius 1 is 1.21 bits per heavy atom. The van der Waals surface area contributed by atoms with Crippen molar-refractivity contribution in [2.24, 2.45) is 0 Å². The minimum absolute atomic E-state index is 0.298. The highest BCUT2D eigenvalue weighted by molar-refractivity contribution is 5.93. The number of nitrogens with zero attached hydrogens (tertiary/aromatic N) is 4. The smallest absolute Gasteiger partial charge is 0.272 e. The van der Waals surface area contributed by atoms with Gasteiger partial charge < -0.3 is 14.7 Å². The van der Waals surface area contributed by atoms with E-state index in [2.05, 4.69) is 25.3 Å². The normalized spacial score (nSPS) is 12.1. The molecule has 2 N–H and O–H groups in total. The van der Waals surface area contributed by atoms with Crippen LogP contribution in [-0.2, 0) is 0 Å². The highest BCUT2D eigenvalue weighted by Gasteiger charge is 2.17. The number of imidazole rings is 1. The maximum Gasteiger partial charge on any atom is 0.272 e. The summed E-state index contributed by atoms with van der Waals surface area (Å²) in [5.74, 6) is 0.0164. The van der Waals surface area contributed by atoms with Crippen LogP contribution in [0.1, 0.15) is 34.7 Å². The number of rotatable bonds is 4. The Balaban J connectivity index is 1.59. The van der Waals surface area contributed by atoms with E-state index in [4.69, 9.17) is 0 Å². The summed E-state index contributed by atoms with van der Waals surface area (Å²) >= 11 is 0. The fraction of sp³-hybridized carbons (Fsp3) is 0.150. The molecule has 0 unspecified atom stereocenters. The van der Waals surface area contributed by atoms with Gasteiger partial charge in [0.2, 0.25) is 0 Å². The second kappa shape index (κ2) is 7.07. The van der Waals surface area contributed by atoms with Crippen LogP contribution in [0.25, 0.3) is 17.2 Å². The number of hydrogen-bond acceptors (Lipinski definition) is 5. The molecular formula is C20H18N6O2. The van der Waals surface area contributed by atoms with Crippen molar-refractivity contribution in [1.29, 1.82) is 0 Å². The molecule has 28 heavy (non-hydrogen) atoms. The van der Waals surface area contributed by atoms with Crippen molar-refractivity contribution in [2.75, 3.05) is 0 Å². The number of hydrogen-bond donors (Lipinski definition) is 2. The van der Waals surface area contributed by atoms with Gasteiger partial charge in [-0.2, -0.15) is 0 Å². The highest BCUT2D eigenvalue weighted by atomic mass is 16.2. The third-order valence-electron chi connectivity index (χ3n) is 4.31. The predicted octanol–water partition coefficient (Wildman–Crippen LogP) is 2.28. The van der Waals surface area contributed by atoms with Crippen LogP contribution in [0, 0.1) is 6.92 Å². The maximum absolute atomic E-state index is 12.6. The average Bonchev–Trinajstić information content (AvgIpc) is 3.11. The Kier molecular flexibility index (Phi) is 4.44. The van der Waals surface area contributed by atoms with E-state index in [1.54, 1.807) is 35.9 Å².